The molecule has 0 aliphatic rings. The molecule has 0 atom stereocenters. The third-order valence-electron chi connectivity index (χ3n) is 2.88. The average Bonchev–Trinajstić information content (AvgIpc) is 2.29. The van der Waals surface area contributed by atoms with Crippen molar-refractivity contribution in [1.82, 2.24) is 0 Å². The van der Waals surface area contributed by atoms with Crippen LogP contribution in [0.4, 0.5) is 0 Å². The summed E-state index contributed by atoms with van der Waals surface area (Å²) < 4.78 is 5.81. The molecule has 1 aromatic carbocycles. The molecule has 0 saturated carbocycles. The minimum atomic E-state index is -0.528. The Balaban J connectivity index is 2.38. The predicted molar refractivity (Wildman–Crippen MR) is 77.5 cm³/mol. The topological polar surface area (TPSA) is 9.23 Å². The fraction of sp³-hybridized carbons (Fsp3) is 0.467. The molecule has 0 amide bonds. The molecule has 1 aromatic rings. The van der Waals surface area contributed by atoms with Crippen LogP contribution >= 0.6 is 0 Å². The van der Waals surface area contributed by atoms with Crippen molar-refractivity contribution in [2.45, 2.75) is 34.3 Å². The largest absolute Gasteiger partial charge is 0.415 e. The number of hydrogen-bond acceptors (Lipinski definition) is 1. The standard InChI is InChI=1S/C15H24OSi/c1-12(2)15(13(3)4)11-17-16-10-14-8-6-5-7-9-14/h5-9,11-13H,10,17H2,1-4H3. The zero-order chi connectivity index (χ0) is 12.7. The minimum absolute atomic E-state index is 0.528. The first kappa shape index (κ1) is 14.2. The summed E-state index contributed by atoms with van der Waals surface area (Å²) in [7, 11) is -0.528. The third-order valence-corrected chi connectivity index (χ3v) is 3.96. The van der Waals surface area contributed by atoms with Gasteiger partial charge in [-0.15, -0.1) is 0 Å². The highest BCUT2D eigenvalue weighted by atomic mass is 28.2. The molecule has 0 unspecified atom stereocenters. The van der Waals surface area contributed by atoms with E-state index in [0.29, 0.717) is 11.8 Å². The minimum Gasteiger partial charge on any atom is -0.415 e. The summed E-state index contributed by atoms with van der Waals surface area (Å²) in [6.07, 6.45) is 0. The van der Waals surface area contributed by atoms with E-state index >= 15 is 0 Å². The first-order chi connectivity index (χ1) is 8.11. The lowest BCUT2D eigenvalue weighted by atomic mass is 9.95. The molecular weight excluding hydrogens is 224 g/mol. The summed E-state index contributed by atoms with van der Waals surface area (Å²) in [4.78, 5) is 0. The van der Waals surface area contributed by atoms with Crippen LogP contribution in [0.3, 0.4) is 0 Å². The molecule has 1 nitrogen and oxygen atoms in total. The molecular formula is C15H24OSi. The fourth-order valence-corrected chi connectivity index (χ4v) is 3.65. The molecule has 0 saturated heterocycles. The molecule has 0 aromatic heterocycles. The molecule has 94 valence electrons. The lowest BCUT2D eigenvalue weighted by Crippen LogP contribution is -2.06. The SMILES string of the molecule is CC(C)C(=C[SiH2]OCc1ccccc1)C(C)C. The van der Waals surface area contributed by atoms with E-state index in [1.54, 1.807) is 5.57 Å². The lowest BCUT2D eigenvalue weighted by Gasteiger charge is -2.15. The van der Waals surface area contributed by atoms with E-state index < -0.39 is 9.76 Å². The maximum Gasteiger partial charge on any atom is 0.185 e. The van der Waals surface area contributed by atoms with E-state index in [2.05, 4.69) is 57.7 Å². The van der Waals surface area contributed by atoms with E-state index in [0.717, 1.165) is 6.61 Å². The van der Waals surface area contributed by atoms with Crippen molar-refractivity contribution in [3.05, 3.63) is 47.2 Å². The number of benzene rings is 1. The monoisotopic (exact) mass is 248 g/mol. The Kier molecular flexibility index (Phi) is 6.23. The maximum absolute atomic E-state index is 5.81. The van der Waals surface area contributed by atoms with Gasteiger partial charge in [0.2, 0.25) is 0 Å². The molecule has 2 heteroatoms. The molecule has 17 heavy (non-hydrogen) atoms. The molecule has 0 aliphatic carbocycles. The van der Waals surface area contributed by atoms with Crippen molar-refractivity contribution in [2.24, 2.45) is 11.8 Å². The van der Waals surface area contributed by atoms with Gasteiger partial charge in [-0.3, -0.25) is 0 Å². The van der Waals surface area contributed by atoms with E-state index in [-0.39, 0.29) is 0 Å². The third kappa shape index (κ3) is 5.33. The van der Waals surface area contributed by atoms with Gasteiger partial charge in [0.25, 0.3) is 0 Å². The van der Waals surface area contributed by atoms with Crippen LogP contribution in [0.15, 0.2) is 41.6 Å². The van der Waals surface area contributed by atoms with Gasteiger partial charge in [-0.1, -0.05) is 69.3 Å². The predicted octanol–water partition coefficient (Wildman–Crippen LogP) is 3.48. The molecule has 1 rings (SSSR count). The van der Waals surface area contributed by atoms with Crippen molar-refractivity contribution in [3.8, 4) is 0 Å². The van der Waals surface area contributed by atoms with Crippen molar-refractivity contribution in [1.29, 1.82) is 0 Å². The first-order valence-corrected chi connectivity index (χ1v) is 7.82. The summed E-state index contributed by atoms with van der Waals surface area (Å²) in [6, 6.07) is 10.4. The smallest absolute Gasteiger partial charge is 0.185 e. The Labute approximate surface area is 108 Å². The van der Waals surface area contributed by atoms with Crippen LogP contribution in [0.2, 0.25) is 0 Å². The Morgan fingerprint density at radius 3 is 2.24 bits per heavy atom. The summed E-state index contributed by atoms with van der Waals surface area (Å²) in [5.74, 6) is 1.28. The van der Waals surface area contributed by atoms with Crippen molar-refractivity contribution in [2.75, 3.05) is 0 Å². The van der Waals surface area contributed by atoms with Crippen LogP contribution in [-0.4, -0.2) is 9.76 Å². The van der Waals surface area contributed by atoms with Crippen LogP contribution in [0.5, 0.6) is 0 Å². The van der Waals surface area contributed by atoms with E-state index in [4.69, 9.17) is 4.43 Å². The van der Waals surface area contributed by atoms with Crippen molar-refractivity contribution < 1.29 is 4.43 Å². The molecule has 0 radical (unpaired) electrons. The summed E-state index contributed by atoms with van der Waals surface area (Å²) >= 11 is 0. The summed E-state index contributed by atoms with van der Waals surface area (Å²) in [6.45, 7) is 9.80. The number of allylic oxidation sites excluding steroid dienone is 1. The maximum atomic E-state index is 5.81. The van der Waals surface area contributed by atoms with Gasteiger partial charge in [-0.25, -0.2) is 0 Å². The second kappa shape index (κ2) is 7.46. The number of hydrogen-bond donors (Lipinski definition) is 0. The Bertz CT molecular complexity index is 331. The van der Waals surface area contributed by atoms with Gasteiger partial charge < -0.3 is 4.43 Å². The van der Waals surface area contributed by atoms with E-state index in [1.165, 1.54) is 5.56 Å². The average molecular weight is 248 g/mol. The van der Waals surface area contributed by atoms with E-state index in [1.807, 2.05) is 6.07 Å². The van der Waals surface area contributed by atoms with Gasteiger partial charge in [0.1, 0.15) is 0 Å². The molecule has 0 spiro atoms. The van der Waals surface area contributed by atoms with Crippen LogP contribution in [0.25, 0.3) is 0 Å². The normalized spacial score (nSPS) is 11.6. The van der Waals surface area contributed by atoms with Crippen LogP contribution in [0, 0.1) is 11.8 Å². The van der Waals surface area contributed by atoms with Gasteiger partial charge in [-0.2, -0.15) is 0 Å². The quantitative estimate of drug-likeness (QED) is 0.553. The van der Waals surface area contributed by atoms with Crippen molar-refractivity contribution in [3.63, 3.8) is 0 Å². The van der Waals surface area contributed by atoms with E-state index in [9.17, 15) is 0 Å². The molecule has 0 aliphatic heterocycles. The molecule has 0 fully saturated rings. The summed E-state index contributed by atoms with van der Waals surface area (Å²) in [5, 5.41) is 0. The summed E-state index contributed by atoms with van der Waals surface area (Å²) in [5.41, 5.74) is 5.19. The van der Waals surface area contributed by atoms with Gasteiger partial charge in [0.05, 0.1) is 6.61 Å². The zero-order valence-electron chi connectivity index (χ0n) is 11.4. The van der Waals surface area contributed by atoms with Gasteiger partial charge >= 0.3 is 0 Å². The van der Waals surface area contributed by atoms with Gasteiger partial charge in [0, 0.05) is 0 Å². The molecule has 0 N–H and O–H groups in total. The zero-order valence-corrected chi connectivity index (χ0v) is 12.9. The van der Waals surface area contributed by atoms with Crippen molar-refractivity contribution >= 4 is 9.76 Å². The van der Waals surface area contributed by atoms with Crippen LogP contribution < -0.4 is 0 Å². The highest BCUT2D eigenvalue weighted by Crippen LogP contribution is 2.18. The Morgan fingerprint density at radius 2 is 1.71 bits per heavy atom. The highest BCUT2D eigenvalue weighted by molar-refractivity contribution is 6.34. The fourth-order valence-electron chi connectivity index (χ4n) is 2.04. The van der Waals surface area contributed by atoms with Crippen LogP contribution in [-0.2, 0) is 11.0 Å². The lowest BCUT2D eigenvalue weighted by molar-refractivity contribution is 0.329. The Morgan fingerprint density at radius 1 is 1.12 bits per heavy atom. The molecule has 0 heterocycles. The van der Waals surface area contributed by atoms with Gasteiger partial charge in [-0.05, 0) is 17.4 Å². The second-order valence-electron chi connectivity index (χ2n) is 5.01. The molecule has 0 bridgehead atoms. The Hall–Kier alpha value is -0.863. The number of rotatable bonds is 6. The van der Waals surface area contributed by atoms with Crippen LogP contribution in [0.1, 0.15) is 33.3 Å². The highest BCUT2D eigenvalue weighted by Gasteiger charge is 2.06. The second-order valence-corrected chi connectivity index (χ2v) is 6.16. The van der Waals surface area contributed by atoms with Gasteiger partial charge in [0.15, 0.2) is 9.76 Å². The first-order valence-electron chi connectivity index (χ1n) is 6.43.